The second-order valence-corrected chi connectivity index (χ2v) is 20.5. The summed E-state index contributed by atoms with van der Waals surface area (Å²) >= 11 is 0. The minimum atomic E-state index is -2.82. The van der Waals surface area contributed by atoms with E-state index < -0.39 is 8.07 Å². The second kappa shape index (κ2) is 15.0. The summed E-state index contributed by atoms with van der Waals surface area (Å²) in [5.41, 5.74) is 10.5. The maximum atomic E-state index is 4.82. The van der Waals surface area contributed by atoms with E-state index in [1.54, 1.807) is 0 Å². The Morgan fingerprint density at radius 3 is 1.52 bits per heavy atom. The highest BCUT2D eigenvalue weighted by Gasteiger charge is 2.41. The third kappa shape index (κ3) is 5.59. The normalized spacial score (nSPS) is 12.1. The van der Waals surface area contributed by atoms with E-state index in [-0.39, 0.29) is 0 Å². The first-order valence-electron chi connectivity index (χ1n) is 21.9. The van der Waals surface area contributed by atoms with Crippen LogP contribution in [0.4, 0.5) is 17.1 Å². The number of rotatable bonds is 10. The van der Waals surface area contributed by atoms with Crippen molar-refractivity contribution in [2.24, 2.45) is 0 Å². The van der Waals surface area contributed by atoms with Crippen LogP contribution in [0.3, 0.4) is 0 Å². The molecule has 0 fully saturated rings. The van der Waals surface area contributed by atoms with E-state index in [0.29, 0.717) is 0 Å². The van der Waals surface area contributed by atoms with E-state index in [2.05, 4.69) is 245 Å². The Morgan fingerprint density at radius 1 is 0.422 bits per heavy atom. The molecule has 3 heterocycles. The summed E-state index contributed by atoms with van der Waals surface area (Å²) in [5.74, 6) is 0. The van der Waals surface area contributed by atoms with Crippen molar-refractivity contribution < 1.29 is 0 Å². The summed E-state index contributed by atoms with van der Waals surface area (Å²) in [6, 6.07) is 80.2. The molecule has 0 bridgehead atoms. The van der Waals surface area contributed by atoms with Crippen molar-refractivity contribution in [3.63, 3.8) is 0 Å². The Morgan fingerprint density at radius 2 is 0.875 bits per heavy atom. The van der Waals surface area contributed by atoms with Crippen LogP contribution in [0.2, 0.25) is 0 Å². The predicted molar refractivity (Wildman–Crippen MR) is 276 cm³/mol. The van der Waals surface area contributed by atoms with Crippen LogP contribution in [0.5, 0.6) is 0 Å². The van der Waals surface area contributed by atoms with Gasteiger partial charge in [0, 0.05) is 55.1 Å². The molecule has 9 aromatic carbocycles. The summed E-state index contributed by atoms with van der Waals surface area (Å²) in [7, 11) is -2.82. The third-order valence-corrected chi connectivity index (χ3v) is 18.0. The van der Waals surface area contributed by atoms with E-state index in [1.807, 2.05) is 12.2 Å². The van der Waals surface area contributed by atoms with Gasteiger partial charge in [-0.3, -0.25) is 0 Å². The van der Waals surface area contributed by atoms with E-state index in [1.165, 1.54) is 75.5 Å². The molecule has 64 heavy (non-hydrogen) atoms. The highest BCUT2D eigenvalue weighted by Crippen LogP contribution is 2.44. The highest BCUT2D eigenvalue weighted by atomic mass is 28.3. The van der Waals surface area contributed by atoms with Crippen LogP contribution in [0, 0.1) is 0 Å². The third-order valence-electron chi connectivity index (χ3n) is 13.3. The summed E-state index contributed by atoms with van der Waals surface area (Å²) in [6.45, 7) is 8.83. The topological polar surface area (TPSA) is 12.6 Å². The fourth-order valence-electron chi connectivity index (χ4n) is 10.6. The molecule has 12 aromatic rings. The van der Waals surface area contributed by atoms with Gasteiger partial charge in [0.15, 0.2) is 8.07 Å². The molecule has 3 aromatic heterocycles. The van der Waals surface area contributed by atoms with Gasteiger partial charge in [-0.25, -0.2) is 0 Å². The number of hydrogen-bond acceptors (Lipinski definition) is 1. The molecule has 0 atom stereocenters. The lowest BCUT2D eigenvalue weighted by atomic mass is 10.1. The zero-order valence-electron chi connectivity index (χ0n) is 35.3. The molecule has 3 nitrogen and oxygen atoms in total. The lowest BCUT2D eigenvalue weighted by Crippen LogP contribution is -2.68. The second-order valence-electron chi connectivity index (χ2n) is 16.6. The molecule has 0 N–H and O–H groups in total. The van der Waals surface area contributed by atoms with Crippen LogP contribution in [-0.2, 0) is 0 Å². The first-order valence-corrected chi connectivity index (χ1v) is 23.9. The number of para-hydroxylation sites is 4. The molecule has 0 aliphatic carbocycles. The zero-order valence-corrected chi connectivity index (χ0v) is 36.3. The summed E-state index contributed by atoms with van der Waals surface area (Å²) in [4.78, 5) is 2.44. The van der Waals surface area contributed by atoms with Crippen LogP contribution >= 0.6 is 0 Å². The number of aromatic nitrogens is 2. The minimum absolute atomic E-state index is 1.08. The fraction of sp³-hybridized carbons (Fsp3) is 0. The Bertz CT molecular complexity index is 3710. The van der Waals surface area contributed by atoms with Gasteiger partial charge in [-0.05, 0) is 88.4 Å². The lowest BCUT2D eigenvalue weighted by Gasteiger charge is -2.35. The summed E-state index contributed by atoms with van der Waals surface area (Å²) in [5, 5.41) is 12.4. The van der Waals surface area contributed by atoms with Gasteiger partial charge in [0.2, 0.25) is 0 Å². The predicted octanol–water partition coefficient (Wildman–Crippen LogP) is 13.7. The quantitative estimate of drug-likeness (QED) is 0.0760. The molecule has 0 aliphatic rings. The number of nitrogens with zero attached hydrogens (tertiary/aromatic N) is 3. The first kappa shape index (κ1) is 37.6. The molecule has 0 saturated carbocycles. The Hall–Kier alpha value is -8.18. The van der Waals surface area contributed by atoms with Crippen LogP contribution in [0.25, 0.3) is 65.6 Å². The van der Waals surface area contributed by atoms with Gasteiger partial charge < -0.3 is 13.9 Å². The van der Waals surface area contributed by atoms with Crippen LogP contribution < -0.4 is 20.5 Å². The van der Waals surface area contributed by atoms with Gasteiger partial charge in [-0.2, -0.15) is 0 Å². The monoisotopic (exact) mass is 833 g/mol. The standard InChI is InChI=1S/C60H43N3Si/c1-3-4-19-42(2)64(47-22-10-6-11-23-47,48-24-12-7-13-25-48)49-36-32-44(33-37-49)61(45-34-38-58-54(40-45)51-27-15-16-30-56(51)62(58)43-20-8-5-9-21-43)46-35-39-59-55(41-46)53-29-18-28-52-50-26-14-17-31-57(50)63(59)60(52)53/h3-41H,1-2H2/b19-4-. The van der Waals surface area contributed by atoms with Gasteiger partial charge in [0.05, 0.1) is 27.6 Å². The molecule has 302 valence electrons. The van der Waals surface area contributed by atoms with Crippen molar-refractivity contribution >= 4 is 101 Å². The van der Waals surface area contributed by atoms with E-state index in [0.717, 1.165) is 27.9 Å². The van der Waals surface area contributed by atoms with Gasteiger partial charge in [-0.15, -0.1) is 0 Å². The van der Waals surface area contributed by atoms with Gasteiger partial charge >= 0.3 is 0 Å². The first-order chi connectivity index (χ1) is 31.6. The summed E-state index contributed by atoms with van der Waals surface area (Å²) < 4.78 is 4.83. The maximum absolute atomic E-state index is 4.82. The molecule has 0 amide bonds. The summed E-state index contributed by atoms with van der Waals surface area (Å²) in [6.07, 6.45) is 6.02. The highest BCUT2D eigenvalue weighted by molar-refractivity contribution is 7.16. The molecule has 12 rings (SSSR count). The number of hydrogen-bond donors (Lipinski definition) is 0. The molecule has 4 heteroatoms. The molecule has 0 saturated heterocycles. The largest absolute Gasteiger partial charge is 0.310 e. The fourth-order valence-corrected chi connectivity index (χ4v) is 15.1. The van der Waals surface area contributed by atoms with Crippen molar-refractivity contribution in [3.05, 3.63) is 255 Å². The molecule has 0 radical (unpaired) electrons. The van der Waals surface area contributed by atoms with Crippen LogP contribution in [0.15, 0.2) is 255 Å². The molecule has 0 aliphatic heterocycles. The van der Waals surface area contributed by atoms with E-state index in [9.17, 15) is 0 Å². The Labute approximate surface area is 373 Å². The van der Waals surface area contributed by atoms with Crippen molar-refractivity contribution in [1.29, 1.82) is 0 Å². The molecular formula is C60H43N3Si. The van der Waals surface area contributed by atoms with Crippen LogP contribution in [-0.4, -0.2) is 17.0 Å². The van der Waals surface area contributed by atoms with E-state index in [4.69, 9.17) is 6.58 Å². The van der Waals surface area contributed by atoms with Crippen molar-refractivity contribution in [2.45, 2.75) is 0 Å². The molecule has 0 unspecified atom stereocenters. The molecular weight excluding hydrogens is 791 g/mol. The van der Waals surface area contributed by atoms with E-state index >= 15 is 0 Å². The molecule has 0 spiro atoms. The number of allylic oxidation sites excluding steroid dienone is 4. The number of anilines is 3. The number of benzene rings is 9. The average Bonchev–Trinajstić information content (AvgIpc) is 4.00. The average molecular weight is 834 g/mol. The van der Waals surface area contributed by atoms with Crippen molar-refractivity contribution in [3.8, 4) is 5.69 Å². The maximum Gasteiger partial charge on any atom is 0.179 e. The Kier molecular flexibility index (Phi) is 8.82. The smallest absolute Gasteiger partial charge is 0.179 e. The van der Waals surface area contributed by atoms with Crippen molar-refractivity contribution in [2.75, 3.05) is 4.90 Å². The lowest BCUT2D eigenvalue weighted by molar-refractivity contribution is 1.18. The van der Waals surface area contributed by atoms with Gasteiger partial charge in [0.25, 0.3) is 0 Å². The Balaban J connectivity index is 1.10. The number of fused-ring (bicyclic) bond motifs is 9. The van der Waals surface area contributed by atoms with Crippen LogP contribution in [0.1, 0.15) is 0 Å². The van der Waals surface area contributed by atoms with Gasteiger partial charge in [0.1, 0.15) is 0 Å². The minimum Gasteiger partial charge on any atom is -0.310 e. The SMILES string of the molecule is C=C/C=C\C(=C)[Si](c1ccccc1)(c1ccccc1)c1ccc(N(c2ccc3c(c2)c2ccccc2n3-c2ccccc2)c2ccc3c(c2)c2cccc4c5ccccc5n3c42)cc1. The van der Waals surface area contributed by atoms with Crippen molar-refractivity contribution in [1.82, 2.24) is 8.97 Å². The van der Waals surface area contributed by atoms with Gasteiger partial charge in [-0.1, -0.05) is 182 Å². The zero-order chi connectivity index (χ0) is 42.8.